The molecule has 5 nitrogen and oxygen atoms in total. The predicted octanol–water partition coefficient (Wildman–Crippen LogP) is 2.10. The summed E-state index contributed by atoms with van der Waals surface area (Å²) in [6.07, 6.45) is 5.63. The normalized spacial score (nSPS) is 18.9. The summed E-state index contributed by atoms with van der Waals surface area (Å²) in [5, 5.41) is 11.5. The molecule has 0 atom stereocenters. The first-order chi connectivity index (χ1) is 9.15. The second kappa shape index (κ2) is 6.22. The number of hydrogen-bond donors (Lipinski definition) is 2. The Hall–Kier alpha value is -2.04. The van der Waals surface area contributed by atoms with Gasteiger partial charge >= 0.3 is 5.97 Å². The average Bonchev–Trinajstić information content (AvgIpc) is 2.89. The van der Waals surface area contributed by atoms with Crippen LogP contribution >= 0.6 is 0 Å². The third-order valence-electron chi connectivity index (χ3n) is 3.34. The molecular weight excluding hydrogens is 246 g/mol. The highest BCUT2D eigenvalue weighted by atomic mass is 16.4. The molecule has 102 valence electrons. The lowest BCUT2D eigenvalue weighted by Gasteiger charge is -2.22. The van der Waals surface area contributed by atoms with Gasteiger partial charge in [0.15, 0.2) is 0 Å². The van der Waals surface area contributed by atoms with E-state index in [4.69, 9.17) is 9.52 Å². The fourth-order valence-electron chi connectivity index (χ4n) is 2.30. The lowest BCUT2D eigenvalue weighted by Crippen LogP contribution is -2.31. The number of amides is 1. The molecule has 0 aromatic carbocycles. The van der Waals surface area contributed by atoms with Crippen molar-refractivity contribution in [2.24, 2.45) is 5.92 Å². The van der Waals surface area contributed by atoms with E-state index < -0.39 is 5.97 Å². The molecule has 5 heteroatoms. The standard InChI is InChI=1S/C14H17NO4/c16-13(17)8-10-3-5-11(6-4-10)14(18)15-9-12-2-1-7-19-12/h1-2,7-8,11H,3-6,9H2,(H,15,18)(H,16,17). The van der Waals surface area contributed by atoms with Gasteiger partial charge in [0.25, 0.3) is 0 Å². The summed E-state index contributed by atoms with van der Waals surface area (Å²) in [5.74, 6) is -0.182. The molecule has 1 aromatic heterocycles. The van der Waals surface area contributed by atoms with Crippen LogP contribution in [0.25, 0.3) is 0 Å². The van der Waals surface area contributed by atoms with E-state index in [2.05, 4.69) is 5.32 Å². The predicted molar refractivity (Wildman–Crippen MR) is 68.2 cm³/mol. The molecule has 0 radical (unpaired) electrons. The lowest BCUT2D eigenvalue weighted by atomic mass is 9.85. The van der Waals surface area contributed by atoms with Gasteiger partial charge in [0.2, 0.25) is 5.91 Å². The summed E-state index contributed by atoms with van der Waals surface area (Å²) in [6, 6.07) is 3.60. The largest absolute Gasteiger partial charge is 0.478 e. The Morgan fingerprint density at radius 3 is 2.74 bits per heavy atom. The number of furan rings is 1. The van der Waals surface area contributed by atoms with Gasteiger partial charge < -0.3 is 14.8 Å². The molecule has 1 amide bonds. The monoisotopic (exact) mass is 263 g/mol. The Balaban J connectivity index is 1.77. The number of carboxylic acid groups (broad SMARTS) is 1. The van der Waals surface area contributed by atoms with Gasteiger partial charge in [0.05, 0.1) is 12.8 Å². The molecule has 0 bridgehead atoms. The Labute approximate surface area is 111 Å². The van der Waals surface area contributed by atoms with Crippen molar-refractivity contribution in [3.05, 3.63) is 35.8 Å². The van der Waals surface area contributed by atoms with E-state index >= 15 is 0 Å². The van der Waals surface area contributed by atoms with E-state index in [1.165, 1.54) is 6.08 Å². The van der Waals surface area contributed by atoms with Crippen LogP contribution in [-0.4, -0.2) is 17.0 Å². The van der Waals surface area contributed by atoms with Gasteiger partial charge in [-0.1, -0.05) is 5.57 Å². The van der Waals surface area contributed by atoms with E-state index in [-0.39, 0.29) is 11.8 Å². The highest BCUT2D eigenvalue weighted by Crippen LogP contribution is 2.28. The summed E-state index contributed by atoms with van der Waals surface area (Å²) >= 11 is 0. The maximum absolute atomic E-state index is 11.9. The van der Waals surface area contributed by atoms with Gasteiger partial charge in [-0.15, -0.1) is 0 Å². The third kappa shape index (κ3) is 3.98. The molecule has 19 heavy (non-hydrogen) atoms. The molecule has 0 unspecified atom stereocenters. The smallest absolute Gasteiger partial charge is 0.328 e. The zero-order valence-electron chi connectivity index (χ0n) is 10.6. The molecule has 2 rings (SSSR count). The average molecular weight is 263 g/mol. The quantitative estimate of drug-likeness (QED) is 0.815. The Morgan fingerprint density at radius 2 is 2.16 bits per heavy atom. The first-order valence-corrected chi connectivity index (χ1v) is 6.37. The van der Waals surface area contributed by atoms with Crippen molar-refractivity contribution in [1.29, 1.82) is 0 Å². The molecule has 1 fully saturated rings. The maximum atomic E-state index is 11.9. The van der Waals surface area contributed by atoms with Crippen LogP contribution < -0.4 is 5.32 Å². The van der Waals surface area contributed by atoms with Gasteiger partial charge in [-0.2, -0.15) is 0 Å². The Bertz CT molecular complexity index is 466. The minimum absolute atomic E-state index is 0.0192. The SMILES string of the molecule is O=C(O)C=C1CCC(C(=O)NCc2ccco2)CC1. The van der Waals surface area contributed by atoms with Gasteiger partial charge in [-0.3, -0.25) is 4.79 Å². The van der Waals surface area contributed by atoms with Crippen LogP contribution in [0.1, 0.15) is 31.4 Å². The minimum atomic E-state index is -0.907. The number of carbonyl (C=O) groups excluding carboxylic acids is 1. The zero-order chi connectivity index (χ0) is 13.7. The van der Waals surface area contributed by atoms with Gasteiger partial charge in [0, 0.05) is 12.0 Å². The fraction of sp³-hybridized carbons (Fsp3) is 0.429. The second-order valence-corrected chi connectivity index (χ2v) is 4.71. The second-order valence-electron chi connectivity index (χ2n) is 4.71. The lowest BCUT2D eigenvalue weighted by molar-refractivity contribution is -0.131. The number of aliphatic carboxylic acids is 1. The van der Waals surface area contributed by atoms with Crippen LogP contribution in [0.15, 0.2) is 34.5 Å². The first kappa shape index (κ1) is 13.4. The van der Waals surface area contributed by atoms with Crippen molar-refractivity contribution in [3.8, 4) is 0 Å². The first-order valence-electron chi connectivity index (χ1n) is 6.37. The molecule has 1 aliphatic rings. The number of nitrogens with one attached hydrogen (secondary N) is 1. The highest BCUT2D eigenvalue weighted by molar-refractivity contribution is 5.81. The van der Waals surface area contributed by atoms with E-state index in [9.17, 15) is 9.59 Å². The number of allylic oxidation sites excluding steroid dienone is 1. The number of rotatable bonds is 4. The van der Waals surface area contributed by atoms with Crippen molar-refractivity contribution in [1.82, 2.24) is 5.32 Å². The highest BCUT2D eigenvalue weighted by Gasteiger charge is 2.23. The summed E-state index contributed by atoms with van der Waals surface area (Å²) < 4.78 is 5.14. The van der Waals surface area contributed by atoms with Crippen LogP contribution in [-0.2, 0) is 16.1 Å². The van der Waals surface area contributed by atoms with Crippen LogP contribution in [0.4, 0.5) is 0 Å². The van der Waals surface area contributed by atoms with Crippen molar-refractivity contribution >= 4 is 11.9 Å². The van der Waals surface area contributed by atoms with E-state index in [0.29, 0.717) is 32.2 Å². The van der Waals surface area contributed by atoms with Crippen molar-refractivity contribution in [3.63, 3.8) is 0 Å². The van der Waals surface area contributed by atoms with Crippen molar-refractivity contribution in [2.75, 3.05) is 0 Å². The number of carboxylic acids is 1. The molecule has 2 N–H and O–H groups in total. The van der Waals surface area contributed by atoms with E-state index in [1.807, 2.05) is 6.07 Å². The number of carbonyl (C=O) groups is 2. The molecular formula is C14H17NO4. The molecule has 1 aromatic rings. The fourth-order valence-corrected chi connectivity index (χ4v) is 2.30. The van der Waals surface area contributed by atoms with E-state index in [0.717, 1.165) is 11.3 Å². The topological polar surface area (TPSA) is 79.5 Å². The molecule has 0 saturated heterocycles. The molecule has 0 spiro atoms. The summed E-state index contributed by atoms with van der Waals surface area (Å²) in [7, 11) is 0. The zero-order valence-corrected chi connectivity index (χ0v) is 10.6. The van der Waals surface area contributed by atoms with Gasteiger partial charge in [-0.05, 0) is 37.8 Å². The van der Waals surface area contributed by atoms with E-state index in [1.54, 1.807) is 12.3 Å². The van der Waals surface area contributed by atoms with Crippen molar-refractivity contribution < 1.29 is 19.1 Å². The summed E-state index contributed by atoms with van der Waals surface area (Å²) in [6.45, 7) is 0.403. The van der Waals surface area contributed by atoms with Crippen LogP contribution in [0.2, 0.25) is 0 Å². The van der Waals surface area contributed by atoms with Gasteiger partial charge in [0.1, 0.15) is 5.76 Å². The van der Waals surface area contributed by atoms with Crippen LogP contribution in [0, 0.1) is 5.92 Å². The molecule has 1 aliphatic carbocycles. The Kier molecular flexibility index (Phi) is 4.39. The van der Waals surface area contributed by atoms with Crippen LogP contribution in [0.5, 0.6) is 0 Å². The van der Waals surface area contributed by atoms with Crippen molar-refractivity contribution in [2.45, 2.75) is 32.2 Å². The van der Waals surface area contributed by atoms with Gasteiger partial charge in [-0.25, -0.2) is 4.79 Å². The summed E-state index contributed by atoms with van der Waals surface area (Å²) in [5.41, 5.74) is 0.919. The molecule has 1 saturated carbocycles. The Morgan fingerprint density at radius 1 is 1.42 bits per heavy atom. The summed E-state index contributed by atoms with van der Waals surface area (Å²) in [4.78, 5) is 22.5. The third-order valence-corrected chi connectivity index (χ3v) is 3.34. The van der Waals surface area contributed by atoms with Crippen LogP contribution in [0.3, 0.4) is 0 Å². The molecule has 1 heterocycles. The molecule has 0 aliphatic heterocycles. The number of hydrogen-bond acceptors (Lipinski definition) is 3. The minimum Gasteiger partial charge on any atom is -0.478 e. The maximum Gasteiger partial charge on any atom is 0.328 e.